The number of anilines is 1. The van der Waals surface area contributed by atoms with Crippen LogP contribution in [0.3, 0.4) is 0 Å². The number of pyridine rings is 1. The number of benzene rings is 1. The Hall–Kier alpha value is -1.43. The first-order chi connectivity index (χ1) is 11.6. The zero-order chi connectivity index (χ0) is 17.5. The normalized spacial score (nSPS) is 11.6. The van der Waals surface area contributed by atoms with E-state index in [1.165, 1.54) is 33.2 Å². The molecule has 0 spiro atoms. The van der Waals surface area contributed by atoms with Gasteiger partial charge in [-0.1, -0.05) is 6.07 Å². The Balaban J connectivity index is 2.31. The molecule has 2 aromatic rings. The molecule has 0 aliphatic carbocycles. The smallest absolute Gasteiger partial charge is 0.208 e. The fourth-order valence-electron chi connectivity index (χ4n) is 2.65. The van der Waals surface area contributed by atoms with Crippen LogP contribution in [0.2, 0.25) is 0 Å². The van der Waals surface area contributed by atoms with E-state index in [-0.39, 0.29) is 6.61 Å². The lowest BCUT2D eigenvalue weighted by Gasteiger charge is -2.19. The second kappa shape index (κ2) is 9.16. The van der Waals surface area contributed by atoms with Gasteiger partial charge in [-0.25, -0.2) is 0 Å². The van der Waals surface area contributed by atoms with E-state index >= 15 is 0 Å². The van der Waals surface area contributed by atoms with Crippen LogP contribution in [-0.4, -0.2) is 25.3 Å². The molecule has 0 saturated heterocycles. The second-order valence-electron chi connectivity index (χ2n) is 5.83. The van der Waals surface area contributed by atoms with Gasteiger partial charge in [-0.15, -0.1) is 11.7 Å². The van der Waals surface area contributed by atoms with E-state index in [4.69, 9.17) is 5.11 Å². The number of aryl methyl sites for hydroxylation is 1. The van der Waals surface area contributed by atoms with Crippen LogP contribution in [0.15, 0.2) is 42.6 Å². The SMILES string of the molecule is C/C(=C\c1ccc(N(C)CCO)cc1C)c1cccc[n+]1CSS. The van der Waals surface area contributed by atoms with E-state index in [1.807, 2.05) is 13.1 Å². The number of nitrogens with zero attached hydrogens (tertiary/aromatic N) is 2. The van der Waals surface area contributed by atoms with Crippen LogP contribution < -0.4 is 9.47 Å². The summed E-state index contributed by atoms with van der Waals surface area (Å²) in [5.74, 6) is 0.814. The van der Waals surface area contributed by atoms with Crippen molar-refractivity contribution in [3.8, 4) is 0 Å². The summed E-state index contributed by atoms with van der Waals surface area (Å²) < 4.78 is 2.20. The van der Waals surface area contributed by atoms with Crippen LogP contribution in [0.25, 0.3) is 11.6 Å². The van der Waals surface area contributed by atoms with Crippen molar-refractivity contribution in [2.45, 2.75) is 19.7 Å². The maximum absolute atomic E-state index is 9.08. The summed E-state index contributed by atoms with van der Waals surface area (Å²) in [6.45, 7) is 5.06. The lowest BCUT2D eigenvalue weighted by atomic mass is 10.0. The second-order valence-corrected chi connectivity index (χ2v) is 7.12. The number of thiol groups is 1. The Labute approximate surface area is 153 Å². The molecule has 0 unspecified atom stereocenters. The Morgan fingerprint density at radius 2 is 2.12 bits per heavy atom. The molecule has 0 radical (unpaired) electrons. The average molecular weight is 362 g/mol. The van der Waals surface area contributed by atoms with Crippen molar-refractivity contribution in [3.63, 3.8) is 0 Å². The zero-order valence-electron chi connectivity index (χ0n) is 14.4. The van der Waals surface area contributed by atoms with Gasteiger partial charge in [0.25, 0.3) is 0 Å². The van der Waals surface area contributed by atoms with E-state index in [0.717, 1.165) is 11.6 Å². The minimum absolute atomic E-state index is 0.160. The minimum Gasteiger partial charge on any atom is -0.395 e. The van der Waals surface area contributed by atoms with Crippen LogP contribution in [0.4, 0.5) is 5.69 Å². The largest absolute Gasteiger partial charge is 0.395 e. The van der Waals surface area contributed by atoms with Gasteiger partial charge in [-0.3, -0.25) is 0 Å². The van der Waals surface area contributed by atoms with Crippen molar-refractivity contribution >= 4 is 39.8 Å². The highest BCUT2D eigenvalue weighted by molar-refractivity contribution is 8.68. The first-order valence-electron chi connectivity index (χ1n) is 7.93. The predicted molar refractivity (Wildman–Crippen MR) is 108 cm³/mol. The van der Waals surface area contributed by atoms with Crippen LogP contribution in [0.1, 0.15) is 23.7 Å². The molecule has 0 aliphatic heterocycles. The molecule has 1 aromatic heterocycles. The van der Waals surface area contributed by atoms with Gasteiger partial charge in [-0.05, 0) is 60.0 Å². The fourth-order valence-corrected chi connectivity index (χ4v) is 3.38. The van der Waals surface area contributed by atoms with Crippen LogP contribution in [0.5, 0.6) is 0 Å². The number of likely N-dealkylation sites (N-methyl/N-ethyl adjacent to an activating group) is 1. The number of hydrogen-bond acceptors (Lipinski definition) is 4. The van der Waals surface area contributed by atoms with Crippen LogP contribution in [0, 0.1) is 6.92 Å². The highest BCUT2D eigenvalue weighted by atomic mass is 33.1. The number of aromatic nitrogens is 1. The lowest BCUT2D eigenvalue weighted by molar-refractivity contribution is -0.677. The molecule has 0 bridgehead atoms. The van der Waals surface area contributed by atoms with Gasteiger partial charge in [0.15, 0.2) is 6.20 Å². The van der Waals surface area contributed by atoms with Gasteiger partial charge in [0.2, 0.25) is 11.6 Å². The van der Waals surface area contributed by atoms with Crippen molar-refractivity contribution in [2.24, 2.45) is 0 Å². The molecule has 0 fully saturated rings. The molecule has 0 atom stereocenters. The van der Waals surface area contributed by atoms with Crippen molar-refractivity contribution in [2.75, 3.05) is 25.1 Å². The third kappa shape index (κ3) is 4.79. The van der Waals surface area contributed by atoms with Crippen molar-refractivity contribution in [1.82, 2.24) is 0 Å². The molecular formula is C19H25N2OS2+. The quantitative estimate of drug-likeness (QED) is 0.446. The van der Waals surface area contributed by atoms with Crippen LogP contribution >= 0.6 is 22.5 Å². The standard InChI is InChI=1S/C19H24N2OS2/c1-15-13-18(20(3)10-11-22)8-7-17(15)12-16(2)19-6-4-5-9-21(19)14-24-23/h4-9,12-13,22H,10-11,14H2,1-3H3/p+1. The van der Waals surface area contributed by atoms with E-state index in [0.29, 0.717) is 6.54 Å². The fraction of sp³-hybridized carbons (Fsp3) is 0.316. The zero-order valence-corrected chi connectivity index (χ0v) is 16.1. The highest BCUT2D eigenvalue weighted by Crippen LogP contribution is 2.22. The third-order valence-corrected chi connectivity index (χ3v) is 4.78. The predicted octanol–water partition coefficient (Wildman–Crippen LogP) is 3.81. The van der Waals surface area contributed by atoms with Crippen molar-refractivity contribution in [3.05, 3.63) is 59.4 Å². The summed E-state index contributed by atoms with van der Waals surface area (Å²) in [5.41, 5.74) is 5.97. The van der Waals surface area contributed by atoms with Gasteiger partial charge in [0, 0.05) is 37.0 Å². The Kier molecular flexibility index (Phi) is 7.21. The molecular weight excluding hydrogens is 336 g/mol. The lowest BCUT2D eigenvalue weighted by Crippen LogP contribution is -2.35. The van der Waals surface area contributed by atoms with Gasteiger partial charge in [0.05, 0.1) is 6.61 Å². The van der Waals surface area contributed by atoms with E-state index in [9.17, 15) is 0 Å². The average Bonchev–Trinajstić information content (AvgIpc) is 2.57. The summed E-state index contributed by atoms with van der Waals surface area (Å²) in [6, 6.07) is 12.6. The van der Waals surface area contributed by atoms with Crippen molar-refractivity contribution in [1.29, 1.82) is 0 Å². The Morgan fingerprint density at radius 1 is 1.33 bits per heavy atom. The molecule has 5 heteroatoms. The number of allylic oxidation sites excluding steroid dienone is 1. The molecule has 0 saturated carbocycles. The number of aliphatic hydroxyl groups is 1. The maximum Gasteiger partial charge on any atom is 0.208 e. The number of aliphatic hydroxyl groups excluding tert-OH is 1. The number of rotatable bonds is 7. The third-order valence-electron chi connectivity index (χ3n) is 4.04. The van der Waals surface area contributed by atoms with Gasteiger partial charge in [-0.2, -0.15) is 4.57 Å². The van der Waals surface area contributed by atoms with Crippen molar-refractivity contribution < 1.29 is 9.67 Å². The summed E-state index contributed by atoms with van der Waals surface area (Å²) in [7, 11) is 3.50. The van der Waals surface area contributed by atoms with Crippen LogP contribution in [-0.2, 0) is 5.88 Å². The highest BCUT2D eigenvalue weighted by Gasteiger charge is 2.11. The molecule has 3 nitrogen and oxygen atoms in total. The monoisotopic (exact) mass is 361 g/mol. The Morgan fingerprint density at radius 3 is 2.79 bits per heavy atom. The summed E-state index contributed by atoms with van der Waals surface area (Å²) in [4.78, 5) is 2.06. The molecule has 2 rings (SSSR count). The topological polar surface area (TPSA) is 27.3 Å². The molecule has 1 N–H and O–H groups in total. The molecule has 0 aliphatic rings. The first kappa shape index (κ1) is 18.9. The summed E-state index contributed by atoms with van der Waals surface area (Å²) in [5, 5.41) is 9.08. The molecule has 1 heterocycles. The van der Waals surface area contributed by atoms with E-state index in [1.54, 1.807) is 0 Å². The minimum atomic E-state index is 0.160. The summed E-state index contributed by atoms with van der Waals surface area (Å²) >= 11 is 4.26. The molecule has 0 amide bonds. The van der Waals surface area contributed by atoms with Gasteiger partial charge < -0.3 is 10.0 Å². The molecule has 1 aromatic carbocycles. The molecule has 24 heavy (non-hydrogen) atoms. The summed E-state index contributed by atoms with van der Waals surface area (Å²) in [6.07, 6.45) is 4.30. The first-order valence-corrected chi connectivity index (χ1v) is 9.96. The van der Waals surface area contributed by atoms with Gasteiger partial charge in [0.1, 0.15) is 0 Å². The Bertz CT molecular complexity index is 716. The number of hydrogen-bond donors (Lipinski definition) is 2. The van der Waals surface area contributed by atoms with E-state index < -0.39 is 0 Å². The van der Waals surface area contributed by atoms with Gasteiger partial charge >= 0.3 is 0 Å². The maximum atomic E-state index is 9.08. The molecule has 128 valence electrons. The van der Waals surface area contributed by atoms with E-state index in [2.05, 4.69) is 77.6 Å².